The van der Waals surface area contributed by atoms with Crippen LogP contribution in [-0.4, -0.2) is 10.9 Å². The van der Waals surface area contributed by atoms with E-state index in [1.807, 2.05) is 0 Å². The Morgan fingerprint density at radius 1 is 0.471 bits per heavy atom. The van der Waals surface area contributed by atoms with Crippen LogP contribution in [0.2, 0.25) is 0 Å². The van der Waals surface area contributed by atoms with Gasteiger partial charge in [0.15, 0.2) is 5.75 Å². The highest BCUT2D eigenvalue weighted by Gasteiger charge is 2.45. The zero-order valence-electron chi connectivity index (χ0n) is 35.0. The molecule has 0 aromatic heterocycles. The van der Waals surface area contributed by atoms with Gasteiger partial charge >= 0.3 is 0 Å². The van der Waals surface area contributed by atoms with E-state index >= 15 is 0 Å². The number of benzene rings is 3. The van der Waals surface area contributed by atoms with Crippen LogP contribution in [0.4, 0.5) is 0 Å². The number of carbonyl (C=O) groups is 1. The molecular weight excluding hydrogens is 625 g/mol. The van der Waals surface area contributed by atoms with Crippen molar-refractivity contribution in [3.63, 3.8) is 0 Å². The molecule has 0 fully saturated rings. The van der Waals surface area contributed by atoms with Gasteiger partial charge in [0, 0.05) is 38.6 Å². The fraction of sp³-hybridized carbons (Fsp3) is 0.500. The van der Waals surface area contributed by atoms with Gasteiger partial charge in [-0.2, -0.15) is 0 Å². The summed E-state index contributed by atoms with van der Waals surface area (Å²) < 4.78 is 0. The van der Waals surface area contributed by atoms with Gasteiger partial charge in [-0.15, -0.1) is 0 Å². The number of hydrogen-bond acceptors (Lipinski definition) is 2. The van der Waals surface area contributed by atoms with Crippen LogP contribution < -0.4 is 0 Å². The number of ketones is 1. The molecule has 51 heavy (non-hydrogen) atoms. The Kier molecular flexibility index (Phi) is 10.0. The molecule has 0 amide bonds. The smallest absolute Gasteiger partial charge is 0.291 e. The molecule has 4 rings (SSSR count). The normalized spacial score (nSPS) is 15.3. The Morgan fingerprint density at radius 3 is 1.14 bits per heavy atom. The maximum Gasteiger partial charge on any atom is 0.291 e. The minimum absolute atomic E-state index is 0.106. The summed E-state index contributed by atoms with van der Waals surface area (Å²) in [6.07, 6.45) is 4.17. The van der Waals surface area contributed by atoms with Gasteiger partial charge < -0.3 is 5.11 Å². The summed E-state index contributed by atoms with van der Waals surface area (Å²) in [6.45, 7) is 38.1. The Balaban J connectivity index is 2.20. The first-order valence-electron chi connectivity index (χ1n) is 18.6. The summed E-state index contributed by atoms with van der Waals surface area (Å²) in [7, 11) is 0. The van der Waals surface area contributed by atoms with E-state index in [1.54, 1.807) is 0 Å². The molecule has 0 saturated heterocycles. The number of carbonyl (C=O) groups excluding carboxylic acids is 1. The highest BCUT2D eigenvalue weighted by molar-refractivity contribution is 6.14. The SMILES string of the molecule is CC(C)(C)C1=CC(c2cc(-c3cc(C(C)(C)C)c([O])c(C(C)(C)C)c3)cc(-c3cc(C(C)(C)C)c(O)c(C(C)(C)C)c3)c2)=C[C+](C(C)(C)C)C1=O. The van der Waals surface area contributed by atoms with Crippen LogP contribution in [0.1, 0.15) is 152 Å². The second kappa shape index (κ2) is 12.7. The van der Waals surface area contributed by atoms with Crippen molar-refractivity contribution in [2.24, 2.45) is 10.8 Å². The van der Waals surface area contributed by atoms with Crippen LogP contribution in [0.3, 0.4) is 0 Å². The summed E-state index contributed by atoms with van der Waals surface area (Å²) in [5, 5.41) is 25.6. The van der Waals surface area contributed by atoms with Gasteiger partial charge in [-0.1, -0.05) is 83.1 Å². The van der Waals surface area contributed by atoms with Crippen LogP contribution >= 0.6 is 0 Å². The highest BCUT2D eigenvalue weighted by Crippen LogP contribution is 2.48. The molecule has 0 heterocycles. The third kappa shape index (κ3) is 8.34. The van der Waals surface area contributed by atoms with Crippen LogP contribution in [0.5, 0.6) is 11.5 Å². The number of rotatable bonds is 3. The number of allylic oxidation sites excluding steroid dienone is 4. The molecule has 0 spiro atoms. The lowest BCUT2D eigenvalue weighted by Crippen LogP contribution is -2.32. The molecule has 1 aliphatic rings. The molecule has 3 aromatic rings. The van der Waals surface area contributed by atoms with E-state index in [0.717, 1.165) is 67.1 Å². The third-order valence-corrected chi connectivity index (χ3v) is 10.1. The van der Waals surface area contributed by atoms with Crippen molar-refractivity contribution in [2.75, 3.05) is 0 Å². The van der Waals surface area contributed by atoms with Crippen LogP contribution in [0.15, 0.2) is 60.2 Å². The van der Waals surface area contributed by atoms with E-state index in [4.69, 9.17) is 0 Å². The van der Waals surface area contributed by atoms with Gasteiger partial charge in [0.05, 0.1) is 17.7 Å². The van der Waals surface area contributed by atoms with E-state index in [2.05, 4.69) is 179 Å². The van der Waals surface area contributed by atoms with Crippen LogP contribution in [0.25, 0.3) is 27.8 Å². The molecule has 1 aliphatic carbocycles. The van der Waals surface area contributed by atoms with Gasteiger partial charge in [-0.25, -0.2) is 0 Å². The zero-order chi connectivity index (χ0) is 39.0. The molecular formula is C48H64O3+. The predicted octanol–water partition coefficient (Wildman–Crippen LogP) is 13.6. The molecule has 0 saturated carbocycles. The average molecular weight is 689 g/mol. The minimum atomic E-state index is -0.346. The van der Waals surface area contributed by atoms with E-state index < -0.39 is 0 Å². The summed E-state index contributed by atoms with van der Waals surface area (Å²) in [5.74, 6) is 1.36. The quantitative estimate of drug-likeness (QED) is 0.278. The highest BCUT2D eigenvalue weighted by atomic mass is 16.3. The number of Topliss-reactive ketones (excluding diaryl/α,β-unsaturated/α-hetero) is 1. The van der Waals surface area contributed by atoms with Crippen molar-refractivity contribution in [3.8, 4) is 33.8 Å². The number of hydrogen-bond donors (Lipinski definition) is 1. The molecule has 0 aliphatic heterocycles. The van der Waals surface area contributed by atoms with E-state index in [-0.39, 0.29) is 44.0 Å². The Labute approximate surface area is 310 Å². The van der Waals surface area contributed by atoms with Crippen molar-refractivity contribution in [3.05, 3.63) is 93.9 Å². The van der Waals surface area contributed by atoms with Crippen molar-refractivity contribution in [1.82, 2.24) is 0 Å². The molecule has 3 heteroatoms. The topological polar surface area (TPSA) is 57.2 Å². The van der Waals surface area contributed by atoms with Crippen molar-refractivity contribution in [2.45, 2.75) is 146 Å². The third-order valence-electron chi connectivity index (χ3n) is 10.1. The van der Waals surface area contributed by atoms with Gasteiger partial charge in [-0.3, -0.25) is 9.90 Å². The molecule has 1 N–H and O–H groups in total. The first-order chi connectivity index (χ1) is 22.8. The second-order valence-electron chi connectivity index (χ2n) is 21.0. The first-order valence-corrected chi connectivity index (χ1v) is 18.6. The Morgan fingerprint density at radius 2 is 0.804 bits per heavy atom. The van der Waals surface area contributed by atoms with E-state index in [0.29, 0.717) is 5.75 Å². The minimum Gasteiger partial charge on any atom is -0.507 e. The predicted molar refractivity (Wildman–Crippen MR) is 217 cm³/mol. The van der Waals surface area contributed by atoms with Gasteiger partial charge in [-0.05, 0) is 128 Å². The summed E-state index contributed by atoms with van der Waals surface area (Å²) >= 11 is 0. The molecule has 0 bridgehead atoms. The lowest BCUT2D eigenvalue weighted by Gasteiger charge is -2.29. The number of phenolic OH excluding ortho intramolecular Hbond substituents is 1. The van der Waals surface area contributed by atoms with Crippen molar-refractivity contribution >= 4 is 11.4 Å². The fourth-order valence-electron chi connectivity index (χ4n) is 6.89. The Hall–Kier alpha value is -3.72. The molecule has 0 unspecified atom stereocenters. The van der Waals surface area contributed by atoms with Crippen LogP contribution in [-0.2, 0) is 31.6 Å². The zero-order valence-corrected chi connectivity index (χ0v) is 35.0. The standard InChI is InChI=1S/C48H63O3/c1-43(2,3)34-22-31(23-35(40(34)49)44(4,5)6)28-19-29(32-24-36(45(7,8)9)41(50)37(25-32)46(10,11)12)21-30(20-28)33-26-38(47(13,14)15)42(51)39(27-33)48(16,17)18/h19-27H,1-18H3/p+1. The summed E-state index contributed by atoms with van der Waals surface area (Å²) in [4.78, 5) is 14.0. The molecule has 1 radical (unpaired) electrons. The first kappa shape index (κ1) is 40.1. The largest absolute Gasteiger partial charge is 0.507 e. The van der Waals surface area contributed by atoms with Gasteiger partial charge in [0.1, 0.15) is 17.2 Å². The van der Waals surface area contributed by atoms with E-state index in [1.165, 1.54) is 0 Å². The maximum absolute atomic E-state index is 14.0. The number of aromatic hydroxyl groups is 1. The van der Waals surface area contributed by atoms with Crippen molar-refractivity contribution < 1.29 is 15.0 Å². The maximum atomic E-state index is 14.0. The lowest BCUT2D eigenvalue weighted by atomic mass is 9.67. The molecule has 273 valence electrons. The lowest BCUT2D eigenvalue weighted by molar-refractivity contribution is -0.115. The summed E-state index contributed by atoms with van der Waals surface area (Å²) in [6, 6.07) is 15.1. The Bertz CT molecular complexity index is 1730. The van der Waals surface area contributed by atoms with Crippen molar-refractivity contribution in [1.29, 1.82) is 0 Å². The van der Waals surface area contributed by atoms with Gasteiger partial charge in [0.2, 0.25) is 0 Å². The second-order valence-corrected chi connectivity index (χ2v) is 21.0. The molecule has 3 aromatic carbocycles. The van der Waals surface area contributed by atoms with E-state index in [9.17, 15) is 15.0 Å². The molecule has 3 nitrogen and oxygen atoms in total. The monoisotopic (exact) mass is 688 g/mol. The van der Waals surface area contributed by atoms with Crippen LogP contribution in [0, 0.1) is 16.7 Å². The van der Waals surface area contributed by atoms with Gasteiger partial charge in [0.25, 0.3) is 5.78 Å². The number of phenols is 1. The average Bonchev–Trinajstić information content (AvgIpc) is 2.93. The fourth-order valence-corrected chi connectivity index (χ4v) is 6.89. The molecule has 0 atom stereocenters. The summed E-state index contributed by atoms with van der Waals surface area (Å²) in [5.41, 5.74) is 8.25.